The highest BCUT2D eigenvalue weighted by Gasteiger charge is 2.16. The standard InChI is InChI=1S/C21H25N5O2/c1-21(2,3)28-20(27)23-8-7-16-11-26(13-17-12-25(4)14-24-17)19-9-15(10-22)5-6-18(16)19/h5-6,9,11-12,14H,7-8,13H2,1-4H3,(H,23,27). The van der Waals surface area contributed by atoms with Gasteiger partial charge in [-0.25, -0.2) is 9.78 Å². The second-order valence-electron chi connectivity index (χ2n) is 7.84. The zero-order valence-electron chi connectivity index (χ0n) is 16.7. The third kappa shape index (κ3) is 4.71. The lowest BCUT2D eigenvalue weighted by molar-refractivity contribution is 0.0528. The fourth-order valence-electron chi connectivity index (χ4n) is 3.10. The minimum Gasteiger partial charge on any atom is -0.444 e. The summed E-state index contributed by atoms with van der Waals surface area (Å²) in [5.74, 6) is 0. The number of hydrogen-bond donors (Lipinski definition) is 1. The Hall–Kier alpha value is -3.27. The van der Waals surface area contributed by atoms with Gasteiger partial charge in [-0.15, -0.1) is 0 Å². The summed E-state index contributed by atoms with van der Waals surface area (Å²) in [6.07, 6.45) is 6.06. The van der Waals surface area contributed by atoms with Crippen LogP contribution in [0, 0.1) is 11.3 Å². The van der Waals surface area contributed by atoms with Crippen molar-refractivity contribution in [2.75, 3.05) is 6.54 Å². The summed E-state index contributed by atoms with van der Waals surface area (Å²) in [7, 11) is 1.94. The second kappa shape index (κ2) is 7.77. The third-order valence-electron chi connectivity index (χ3n) is 4.25. The molecule has 0 saturated heterocycles. The number of aryl methyl sites for hydroxylation is 1. The topological polar surface area (TPSA) is 84.9 Å². The molecule has 1 N–H and O–H groups in total. The number of fused-ring (bicyclic) bond motifs is 1. The predicted molar refractivity (Wildman–Crippen MR) is 107 cm³/mol. The number of aromatic nitrogens is 3. The zero-order valence-corrected chi connectivity index (χ0v) is 16.7. The summed E-state index contributed by atoms with van der Waals surface area (Å²) in [6, 6.07) is 7.87. The second-order valence-corrected chi connectivity index (χ2v) is 7.84. The van der Waals surface area contributed by atoms with E-state index >= 15 is 0 Å². The first kappa shape index (κ1) is 19.5. The summed E-state index contributed by atoms with van der Waals surface area (Å²) in [6.45, 7) is 6.60. The van der Waals surface area contributed by atoms with Crippen molar-refractivity contribution in [1.29, 1.82) is 5.26 Å². The third-order valence-corrected chi connectivity index (χ3v) is 4.25. The van der Waals surface area contributed by atoms with Crippen LogP contribution in [0.3, 0.4) is 0 Å². The van der Waals surface area contributed by atoms with E-state index < -0.39 is 11.7 Å². The number of alkyl carbamates (subject to hydrolysis) is 1. The normalized spacial score (nSPS) is 11.4. The van der Waals surface area contributed by atoms with Gasteiger partial charge in [0.15, 0.2) is 0 Å². The largest absolute Gasteiger partial charge is 0.444 e. The number of benzene rings is 1. The number of ether oxygens (including phenoxy) is 1. The Kier molecular flexibility index (Phi) is 5.41. The van der Waals surface area contributed by atoms with Gasteiger partial charge < -0.3 is 19.2 Å². The Balaban J connectivity index is 1.80. The highest BCUT2D eigenvalue weighted by atomic mass is 16.6. The van der Waals surface area contributed by atoms with Crippen molar-refractivity contribution in [3.8, 4) is 6.07 Å². The first-order chi connectivity index (χ1) is 13.2. The monoisotopic (exact) mass is 379 g/mol. The summed E-state index contributed by atoms with van der Waals surface area (Å²) in [5, 5.41) is 13.1. The molecule has 146 valence electrons. The van der Waals surface area contributed by atoms with E-state index in [2.05, 4.69) is 27.1 Å². The van der Waals surface area contributed by atoms with Gasteiger partial charge >= 0.3 is 6.09 Å². The Bertz CT molecular complexity index is 1030. The van der Waals surface area contributed by atoms with Crippen molar-refractivity contribution < 1.29 is 9.53 Å². The molecule has 0 radical (unpaired) electrons. The van der Waals surface area contributed by atoms with E-state index in [0.29, 0.717) is 25.1 Å². The molecule has 0 unspecified atom stereocenters. The maximum absolute atomic E-state index is 11.9. The lowest BCUT2D eigenvalue weighted by Gasteiger charge is -2.19. The van der Waals surface area contributed by atoms with Crippen LogP contribution in [0.4, 0.5) is 4.79 Å². The van der Waals surface area contributed by atoms with Gasteiger partial charge in [-0.05, 0) is 44.9 Å². The lowest BCUT2D eigenvalue weighted by atomic mass is 10.1. The minimum absolute atomic E-state index is 0.420. The van der Waals surface area contributed by atoms with Crippen LogP contribution in [0.1, 0.15) is 37.6 Å². The van der Waals surface area contributed by atoms with Gasteiger partial charge in [-0.2, -0.15) is 5.26 Å². The maximum atomic E-state index is 11.9. The quantitative estimate of drug-likeness (QED) is 0.737. The number of imidazole rings is 1. The van der Waals surface area contributed by atoms with E-state index in [-0.39, 0.29) is 0 Å². The van der Waals surface area contributed by atoms with Crippen LogP contribution in [-0.4, -0.2) is 32.4 Å². The van der Waals surface area contributed by atoms with Crippen molar-refractivity contribution in [3.63, 3.8) is 0 Å². The van der Waals surface area contributed by atoms with E-state index in [4.69, 9.17) is 4.74 Å². The Morgan fingerprint density at radius 1 is 1.32 bits per heavy atom. The summed E-state index contributed by atoms with van der Waals surface area (Å²) >= 11 is 0. The highest BCUT2D eigenvalue weighted by molar-refractivity contribution is 5.85. The first-order valence-electron chi connectivity index (χ1n) is 9.21. The van der Waals surface area contributed by atoms with Gasteiger partial charge in [0, 0.05) is 36.9 Å². The number of hydrogen-bond acceptors (Lipinski definition) is 4. The smallest absolute Gasteiger partial charge is 0.407 e. The maximum Gasteiger partial charge on any atom is 0.407 e. The van der Waals surface area contributed by atoms with Crippen LogP contribution in [0.25, 0.3) is 10.9 Å². The number of nitrogens with zero attached hydrogens (tertiary/aromatic N) is 4. The fourth-order valence-corrected chi connectivity index (χ4v) is 3.10. The Morgan fingerprint density at radius 2 is 2.11 bits per heavy atom. The van der Waals surface area contributed by atoms with Crippen LogP contribution in [0.2, 0.25) is 0 Å². The molecular formula is C21H25N5O2. The Labute approximate surface area is 164 Å². The molecule has 0 fully saturated rings. The number of carbonyl (C=O) groups excluding carboxylic acids is 1. The molecule has 3 rings (SSSR count). The SMILES string of the molecule is Cn1cnc(Cn2cc(CCNC(=O)OC(C)(C)C)c3ccc(C#N)cc32)c1. The Morgan fingerprint density at radius 3 is 2.75 bits per heavy atom. The summed E-state index contributed by atoms with van der Waals surface area (Å²) in [4.78, 5) is 16.3. The van der Waals surface area contributed by atoms with E-state index in [0.717, 1.165) is 22.2 Å². The molecule has 3 aromatic rings. The first-order valence-corrected chi connectivity index (χ1v) is 9.21. The molecule has 0 atom stereocenters. The number of nitrogens with one attached hydrogen (secondary N) is 1. The van der Waals surface area contributed by atoms with Gasteiger partial charge in [0.2, 0.25) is 0 Å². The molecule has 0 spiro atoms. The molecule has 1 amide bonds. The number of amides is 1. The van der Waals surface area contributed by atoms with E-state index in [9.17, 15) is 10.1 Å². The van der Waals surface area contributed by atoms with Gasteiger partial charge in [-0.1, -0.05) is 6.07 Å². The molecule has 1 aromatic carbocycles. The van der Waals surface area contributed by atoms with E-state index in [1.165, 1.54) is 0 Å². The molecule has 7 heteroatoms. The average Bonchev–Trinajstić information content (AvgIpc) is 3.17. The molecule has 2 aromatic heterocycles. The molecule has 0 saturated carbocycles. The van der Waals surface area contributed by atoms with Crippen molar-refractivity contribution >= 4 is 17.0 Å². The van der Waals surface area contributed by atoms with Gasteiger partial charge in [-0.3, -0.25) is 0 Å². The lowest BCUT2D eigenvalue weighted by Crippen LogP contribution is -2.33. The number of nitriles is 1. The molecule has 2 heterocycles. The van der Waals surface area contributed by atoms with Crippen LogP contribution >= 0.6 is 0 Å². The van der Waals surface area contributed by atoms with Gasteiger partial charge in [0.05, 0.1) is 30.2 Å². The molecule has 0 aliphatic rings. The molecule has 0 bridgehead atoms. The minimum atomic E-state index is -0.517. The molecule has 0 aliphatic heterocycles. The van der Waals surface area contributed by atoms with Crippen molar-refractivity contribution in [2.24, 2.45) is 7.05 Å². The van der Waals surface area contributed by atoms with Gasteiger partial charge in [0.1, 0.15) is 5.60 Å². The average molecular weight is 379 g/mol. The fraction of sp³-hybridized carbons (Fsp3) is 0.381. The summed E-state index contributed by atoms with van der Waals surface area (Å²) < 4.78 is 9.29. The van der Waals surface area contributed by atoms with Crippen LogP contribution in [0.5, 0.6) is 0 Å². The molecular weight excluding hydrogens is 354 g/mol. The van der Waals surface area contributed by atoms with Crippen LogP contribution in [0.15, 0.2) is 36.9 Å². The number of rotatable bonds is 5. The van der Waals surface area contributed by atoms with E-state index in [1.807, 2.05) is 56.8 Å². The van der Waals surface area contributed by atoms with Crippen LogP contribution < -0.4 is 5.32 Å². The van der Waals surface area contributed by atoms with Crippen molar-refractivity contribution in [3.05, 3.63) is 53.7 Å². The predicted octanol–water partition coefficient (Wildman–Crippen LogP) is 3.36. The van der Waals surface area contributed by atoms with E-state index in [1.54, 1.807) is 6.33 Å². The zero-order chi connectivity index (χ0) is 20.3. The number of carbonyl (C=O) groups is 1. The van der Waals surface area contributed by atoms with Crippen molar-refractivity contribution in [1.82, 2.24) is 19.4 Å². The van der Waals surface area contributed by atoms with Crippen molar-refractivity contribution in [2.45, 2.75) is 39.3 Å². The summed E-state index contributed by atoms with van der Waals surface area (Å²) in [5.41, 5.74) is 3.13. The van der Waals surface area contributed by atoms with Gasteiger partial charge in [0.25, 0.3) is 0 Å². The van der Waals surface area contributed by atoms with Crippen LogP contribution in [-0.2, 0) is 24.8 Å². The molecule has 7 nitrogen and oxygen atoms in total. The highest BCUT2D eigenvalue weighted by Crippen LogP contribution is 2.24. The molecule has 0 aliphatic carbocycles. The molecule has 28 heavy (non-hydrogen) atoms.